The van der Waals surface area contributed by atoms with Gasteiger partial charge in [-0.2, -0.15) is 0 Å². The monoisotopic (exact) mass is 727 g/mol. The van der Waals surface area contributed by atoms with Crippen LogP contribution in [0.2, 0.25) is 23.7 Å². The highest BCUT2D eigenvalue weighted by Gasteiger charge is 2.66. The van der Waals surface area contributed by atoms with Gasteiger partial charge in [0, 0.05) is 40.5 Å². The van der Waals surface area contributed by atoms with Crippen molar-refractivity contribution in [3.05, 3.63) is 123 Å². The summed E-state index contributed by atoms with van der Waals surface area (Å²) in [6, 6.07) is 23.6. The molecule has 12 heteroatoms. The summed E-state index contributed by atoms with van der Waals surface area (Å²) in [6.07, 6.45) is 1.40. The van der Waals surface area contributed by atoms with Crippen LogP contribution in [-0.2, 0) is 39.4 Å². The number of aromatic nitrogens is 1. The number of methoxy groups -OCH3 is 1. The zero-order chi connectivity index (χ0) is 36.2. The second kappa shape index (κ2) is 13.4. The van der Waals surface area contributed by atoms with E-state index in [0.717, 1.165) is 16.7 Å². The maximum atomic E-state index is 14.9. The lowest BCUT2D eigenvalue weighted by atomic mass is 9.82. The number of rotatable bonds is 8. The smallest absolute Gasteiger partial charge is 0.297 e. The van der Waals surface area contributed by atoms with Gasteiger partial charge in [-0.25, -0.2) is 0 Å². The summed E-state index contributed by atoms with van der Waals surface area (Å²) < 4.78 is 13.6. The molecule has 3 aromatic carbocycles. The Kier molecular flexibility index (Phi) is 9.22. The molecule has 5 atom stereocenters. The molecule has 0 unspecified atom stereocenters. The number of anilines is 1. The van der Waals surface area contributed by atoms with Gasteiger partial charge in [-0.05, 0) is 78.7 Å². The maximum absolute atomic E-state index is 14.9. The third-order valence-corrected chi connectivity index (χ3v) is 13.6. The molecule has 1 aromatic heterocycles. The van der Waals surface area contributed by atoms with Gasteiger partial charge in [-0.3, -0.25) is 19.0 Å². The number of amides is 2. The van der Waals surface area contributed by atoms with Crippen molar-refractivity contribution in [3.63, 3.8) is 0 Å². The lowest BCUT2D eigenvalue weighted by Gasteiger charge is -2.37. The molecule has 1 spiro atoms. The molecule has 1 saturated heterocycles. The van der Waals surface area contributed by atoms with Crippen LogP contribution in [0.5, 0.6) is 5.75 Å². The van der Waals surface area contributed by atoms with Crippen LogP contribution < -0.4 is 15.2 Å². The molecular weight excluding hydrogens is 686 g/mol. The first-order chi connectivity index (χ1) is 24.4. The highest BCUT2D eigenvalue weighted by Crippen LogP contribution is 2.60. The van der Waals surface area contributed by atoms with Crippen molar-refractivity contribution in [1.82, 2.24) is 9.47 Å². The number of nitrogens with zero attached hydrogens (tertiary/aromatic N) is 3. The molecule has 0 saturated carbocycles. The van der Waals surface area contributed by atoms with Crippen molar-refractivity contribution in [2.24, 2.45) is 5.92 Å². The Morgan fingerprint density at radius 3 is 2.53 bits per heavy atom. The molecule has 4 heterocycles. The van der Waals surface area contributed by atoms with E-state index >= 15 is 0 Å². The summed E-state index contributed by atoms with van der Waals surface area (Å²) in [5.41, 5.74) is 2.52. The minimum atomic E-state index is -3.05. The van der Waals surface area contributed by atoms with E-state index in [1.807, 2.05) is 74.6 Å². The molecule has 4 aromatic rings. The average molecular weight is 728 g/mol. The SMILES string of the molecule is COc1cccn(-c2cccc(CN3C(=O)[C@@]4(O[C@@H](CC(=O)N5Cc6ccccc6C[C@H]5CO)[C@H]([Si](C)(C)O)[C@H]4C)c4cc(Cl)ccc43)c2)c1=O. The summed E-state index contributed by atoms with van der Waals surface area (Å²) in [6.45, 7) is 5.94. The van der Waals surface area contributed by atoms with E-state index < -0.39 is 31.5 Å². The number of aliphatic hydroxyl groups is 1. The summed E-state index contributed by atoms with van der Waals surface area (Å²) >= 11 is 6.59. The van der Waals surface area contributed by atoms with Gasteiger partial charge >= 0.3 is 0 Å². The number of hydrogen-bond acceptors (Lipinski definition) is 7. The lowest BCUT2D eigenvalue weighted by Crippen LogP contribution is -2.48. The molecule has 3 aliphatic rings. The van der Waals surface area contributed by atoms with Gasteiger partial charge in [0.25, 0.3) is 11.5 Å². The van der Waals surface area contributed by atoms with E-state index in [4.69, 9.17) is 21.1 Å². The predicted molar refractivity (Wildman–Crippen MR) is 197 cm³/mol. The van der Waals surface area contributed by atoms with E-state index in [2.05, 4.69) is 0 Å². The fraction of sp³-hybridized carbons (Fsp3) is 0.359. The number of benzene rings is 3. The van der Waals surface area contributed by atoms with Crippen LogP contribution >= 0.6 is 11.6 Å². The van der Waals surface area contributed by atoms with Crippen molar-refractivity contribution >= 4 is 37.4 Å². The van der Waals surface area contributed by atoms with Gasteiger partial charge in [0.1, 0.15) is 0 Å². The number of halogens is 1. The van der Waals surface area contributed by atoms with Crippen molar-refractivity contribution in [3.8, 4) is 11.4 Å². The molecule has 0 bridgehead atoms. The fourth-order valence-corrected chi connectivity index (χ4v) is 11.3. The molecule has 3 aliphatic heterocycles. The molecule has 0 radical (unpaired) electrons. The number of pyridine rings is 1. The van der Waals surface area contributed by atoms with Crippen LogP contribution in [0.4, 0.5) is 5.69 Å². The zero-order valence-corrected chi connectivity index (χ0v) is 30.8. The number of hydrogen-bond donors (Lipinski definition) is 2. The van der Waals surface area contributed by atoms with Crippen molar-refractivity contribution < 1.29 is 29.0 Å². The Labute approximate surface area is 302 Å². The predicted octanol–water partition coefficient (Wildman–Crippen LogP) is 5.18. The highest BCUT2D eigenvalue weighted by atomic mass is 35.5. The Bertz CT molecular complexity index is 2060. The maximum Gasteiger partial charge on any atom is 0.297 e. The second-order valence-corrected chi connectivity index (χ2v) is 18.8. The van der Waals surface area contributed by atoms with Crippen molar-refractivity contribution in [2.45, 2.75) is 69.2 Å². The normalized spacial score (nSPS) is 24.2. The van der Waals surface area contributed by atoms with Crippen LogP contribution in [0.1, 0.15) is 35.6 Å². The molecule has 266 valence electrons. The summed E-state index contributed by atoms with van der Waals surface area (Å²) in [4.78, 5) is 57.2. The van der Waals surface area contributed by atoms with Crippen LogP contribution in [0.15, 0.2) is 89.9 Å². The van der Waals surface area contributed by atoms with Gasteiger partial charge in [0.15, 0.2) is 19.7 Å². The minimum Gasteiger partial charge on any atom is -0.491 e. The Hall–Kier alpha value is -4.26. The lowest BCUT2D eigenvalue weighted by molar-refractivity contribution is -0.151. The standard InChI is InChI=1S/C39H42ClN3O7Si/c1-24-36(51(3,4)48)34(20-35(45)42-22-27-11-6-5-10-26(27)18-30(42)23-44)50-39(24)31-19-28(40)14-15-32(31)43(38(39)47)21-25-9-7-12-29(17-25)41-16-8-13-33(49-2)37(41)46/h5-17,19,24,30,34,36,44,48H,18,20-23H2,1-4H3/t24-,30+,34+,36-,39+/m1/s1. The molecule has 1 fully saturated rings. The number of fused-ring (bicyclic) bond motifs is 3. The molecule has 2 N–H and O–H groups in total. The second-order valence-electron chi connectivity index (χ2n) is 14.4. The van der Waals surface area contributed by atoms with Gasteiger partial charge in [0.05, 0.1) is 44.5 Å². The van der Waals surface area contributed by atoms with Crippen LogP contribution in [0.3, 0.4) is 0 Å². The molecule has 2 amide bonds. The Balaban J connectivity index is 1.23. The van der Waals surface area contributed by atoms with Crippen molar-refractivity contribution in [1.29, 1.82) is 0 Å². The topological polar surface area (TPSA) is 122 Å². The first kappa shape index (κ1) is 35.2. The number of carbonyl (C=O) groups excluding carboxylic acids is 2. The van der Waals surface area contributed by atoms with E-state index in [1.165, 1.54) is 11.7 Å². The van der Waals surface area contributed by atoms with Crippen LogP contribution in [0.25, 0.3) is 5.69 Å². The molecular formula is C39H42ClN3O7Si. The molecule has 7 rings (SSSR count). The minimum absolute atomic E-state index is 0.0487. The van der Waals surface area contributed by atoms with Gasteiger partial charge < -0.3 is 29.2 Å². The first-order valence-corrected chi connectivity index (χ1v) is 20.6. The van der Waals surface area contributed by atoms with Gasteiger partial charge in [-0.15, -0.1) is 0 Å². The van der Waals surface area contributed by atoms with E-state index in [1.54, 1.807) is 40.3 Å². The van der Waals surface area contributed by atoms with Crippen LogP contribution in [-0.4, -0.2) is 65.4 Å². The summed E-state index contributed by atoms with van der Waals surface area (Å²) in [5.74, 6) is -0.768. The number of ether oxygens (including phenoxy) is 2. The molecule has 10 nitrogen and oxygen atoms in total. The number of aliphatic hydroxyl groups excluding tert-OH is 1. The Morgan fingerprint density at radius 1 is 1.04 bits per heavy atom. The van der Waals surface area contributed by atoms with Gasteiger partial charge in [0.2, 0.25) is 5.91 Å². The summed E-state index contributed by atoms with van der Waals surface area (Å²) in [5, 5.41) is 10.7. The third-order valence-electron chi connectivity index (χ3n) is 10.9. The van der Waals surface area contributed by atoms with Crippen LogP contribution in [0, 0.1) is 5.92 Å². The quantitative estimate of drug-likeness (QED) is 0.240. The van der Waals surface area contributed by atoms with Crippen molar-refractivity contribution in [2.75, 3.05) is 18.6 Å². The van der Waals surface area contributed by atoms with E-state index in [0.29, 0.717) is 34.9 Å². The van der Waals surface area contributed by atoms with Gasteiger partial charge in [-0.1, -0.05) is 54.9 Å². The average Bonchev–Trinajstić information content (AvgIpc) is 3.53. The molecule has 0 aliphatic carbocycles. The number of carbonyl (C=O) groups is 2. The van der Waals surface area contributed by atoms with E-state index in [9.17, 15) is 24.3 Å². The summed E-state index contributed by atoms with van der Waals surface area (Å²) in [7, 11) is -1.60. The Morgan fingerprint density at radius 2 is 1.80 bits per heavy atom. The fourth-order valence-electron chi connectivity index (χ4n) is 8.56. The third kappa shape index (κ3) is 6.00. The largest absolute Gasteiger partial charge is 0.491 e. The first-order valence-electron chi connectivity index (χ1n) is 17.2. The zero-order valence-electron chi connectivity index (χ0n) is 29.1. The molecule has 51 heavy (non-hydrogen) atoms. The van der Waals surface area contributed by atoms with E-state index in [-0.39, 0.29) is 48.7 Å². The highest BCUT2D eigenvalue weighted by molar-refractivity contribution is 6.71.